The molecular weight excluding hydrogens is 396 g/mol. The summed E-state index contributed by atoms with van der Waals surface area (Å²) >= 11 is 0. The summed E-state index contributed by atoms with van der Waals surface area (Å²) in [6.45, 7) is 8.62. The molecule has 2 aromatic carbocycles. The average Bonchev–Trinajstić information content (AvgIpc) is 2.82. The second-order valence-electron chi connectivity index (χ2n) is 8.68. The third-order valence-corrected chi connectivity index (χ3v) is 4.92. The highest BCUT2D eigenvalue weighted by molar-refractivity contribution is 6.00. The highest BCUT2D eigenvalue weighted by atomic mass is 16.5. The molecule has 0 aliphatic carbocycles. The summed E-state index contributed by atoms with van der Waals surface area (Å²) in [5.74, 6) is 1.91. The fourth-order valence-corrected chi connectivity index (χ4v) is 3.29. The van der Waals surface area contributed by atoms with Crippen LogP contribution in [0.25, 0.3) is 0 Å². The van der Waals surface area contributed by atoms with Crippen molar-refractivity contribution in [2.45, 2.75) is 27.7 Å². The van der Waals surface area contributed by atoms with Gasteiger partial charge in [0.25, 0.3) is 5.91 Å². The molecule has 0 saturated carbocycles. The summed E-state index contributed by atoms with van der Waals surface area (Å²) in [4.78, 5) is 27.3. The third-order valence-electron chi connectivity index (χ3n) is 4.92. The molecule has 0 aromatic heterocycles. The first-order chi connectivity index (χ1) is 14.7. The highest BCUT2D eigenvalue weighted by Crippen LogP contribution is 2.38. The number of nitrogens with one attached hydrogen (secondary N) is 1. The third kappa shape index (κ3) is 5.48. The largest absolute Gasteiger partial charge is 0.497 e. The van der Waals surface area contributed by atoms with Gasteiger partial charge in [0, 0.05) is 12.2 Å². The zero-order valence-corrected chi connectivity index (χ0v) is 18.7. The summed E-state index contributed by atoms with van der Waals surface area (Å²) in [6, 6.07) is 12.3. The number of benzene rings is 2. The van der Waals surface area contributed by atoms with Gasteiger partial charge < -0.3 is 24.4 Å². The Bertz CT molecular complexity index is 937. The fraction of sp³-hybridized carbons (Fsp3) is 0.417. The maximum absolute atomic E-state index is 13.1. The predicted octanol–water partition coefficient (Wildman–Crippen LogP) is 4.12. The van der Waals surface area contributed by atoms with Crippen molar-refractivity contribution in [3.05, 3.63) is 42.5 Å². The van der Waals surface area contributed by atoms with Gasteiger partial charge in [-0.3, -0.25) is 9.59 Å². The summed E-state index contributed by atoms with van der Waals surface area (Å²) in [5, 5.41) is 2.83. The maximum Gasteiger partial charge on any atom is 0.262 e. The highest BCUT2D eigenvalue weighted by Gasteiger charge is 2.38. The van der Waals surface area contributed by atoms with Crippen LogP contribution >= 0.6 is 0 Å². The second-order valence-corrected chi connectivity index (χ2v) is 8.68. The molecule has 0 atom stereocenters. The molecule has 7 nitrogen and oxygen atoms in total. The zero-order chi connectivity index (χ0) is 22.6. The maximum atomic E-state index is 13.1. The number of amides is 2. The Morgan fingerprint density at radius 3 is 2.48 bits per heavy atom. The van der Waals surface area contributed by atoms with E-state index in [2.05, 4.69) is 19.2 Å². The van der Waals surface area contributed by atoms with Gasteiger partial charge in [0.2, 0.25) is 5.91 Å². The smallest absolute Gasteiger partial charge is 0.262 e. The first-order valence-corrected chi connectivity index (χ1v) is 10.3. The molecule has 0 fully saturated rings. The van der Waals surface area contributed by atoms with Gasteiger partial charge in [-0.25, -0.2) is 0 Å². The van der Waals surface area contributed by atoms with Gasteiger partial charge in [0.05, 0.1) is 18.2 Å². The van der Waals surface area contributed by atoms with Crippen LogP contribution in [0.15, 0.2) is 42.5 Å². The van der Waals surface area contributed by atoms with Crippen molar-refractivity contribution < 1.29 is 23.8 Å². The number of hydrogen-bond donors (Lipinski definition) is 1. The Morgan fingerprint density at radius 1 is 1.16 bits per heavy atom. The van der Waals surface area contributed by atoms with Crippen molar-refractivity contribution in [1.29, 1.82) is 0 Å². The molecule has 1 aliphatic rings. The minimum Gasteiger partial charge on any atom is -0.497 e. The molecule has 2 amide bonds. The molecule has 2 aromatic rings. The lowest BCUT2D eigenvalue weighted by molar-refractivity contribution is -0.127. The van der Waals surface area contributed by atoms with E-state index >= 15 is 0 Å². The number of hydrogen-bond acceptors (Lipinski definition) is 5. The van der Waals surface area contributed by atoms with Crippen LogP contribution in [0.4, 0.5) is 11.4 Å². The standard InChI is InChI=1S/C24H30N2O5/c1-16(2)13-26-20-12-17(6-11-21(20)31-15-24(3,4)23(26)28)25-22(27)14-30-19-9-7-18(29-5)8-10-19/h6-12,16H,13-15H2,1-5H3,(H,25,27). The van der Waals surface area contributed by atoms with Crippen molar-refractivity contribution in [2.75, 3.05) is 37.1 Å². The molecule has 3 rings (SSSR count). The number of carbonyl (C=O) groups is 2. The SMILES string of the molecule is COc1ccc(OCC(=O)Nc2ccc3c(c2)N(CC(C)C)C(=O)C(C)(C)CO3)cc1. The average molecular weight is 427 g/mol. The molecule has 166 valence electrons. The van der Waals surface area contributed by atoms with Crippen molar-refractivity contribution in [3.63, 3.8) is 0 Å². The number of fused-ring (bicyclic) bond motifs is 1. The molecule has 7 heteroatoms. The van der Waals surface area contributed by atoms with Crippen LogP contribution in [0.5, 0.6) is 17.2 Å². The van der Waals surface area contributed by atoms with Crippen LogP contribution in [-0.2, 0) is 9.59 Å². The monoisotopic (exact) mass is 426 g/mol. The summed E-state index contributed by atoms with van der Waals surface area (Å²) in [5.41, 5.74) is 0.605. The number of nitrogens with zero attached hydrogens (tertiary/aromatic N) is 1. The van der Waals surface area contributed by atoms with Gasteiger partial charge >= 0.3 is 0 Å². The molecule has 0 saturated heterocycles. The molecule has 0 spiro atoms. The van der Waals surface area contributed by atoms with Gasteiger partial charge in [-0.15, -0.1) is 0 Å². The van der Waals surface area contributed by atoms with Crippen LogP contribution in [-0.4, -0.2) is 38.7 Å². The van der Waals surface area contributed by atoms with Crippen LogP contribution in [0.3, 0.4) is 0 Å². The van der Waals surface area contributed by atoms with E-state index in [-0.39, 0.29) is 24.3 Å². The van der Waals surface area contributed by atoms with Gasteiger partial charge in [0.15, 0.2) is 6.61 Å². The van der Waals surface area contributed by atoms with E-state index < -0.39 is 5.41 Å². The topological polar surface area (TPSA) is 77.1 Å². The van der Waals surface area contributed by atoms with E-state index in [1.807, 2.05) is 13.8 Å². The van der Waals surface area contributed by atoms with Crippen molar-refractivity contribution >= 4 is 23.2 Å². The summed E-state index contributed by atoms with van der Waals surface area (Å²) in [6.07, 6.45) is 0. The van der Waals surface area contributed by atoms with Gasteiger partial charge in [0.1, 0.15) is 23.9 Å². The van der Waals surface area contributed by atoms with Gasteiger partial charge in [-0.1, -0.05) is 13.8 Å². The Hall–Kier alpha value is -3.22. The van der Waals surface area contributed by atoms with Crippen LogP contribution in [0.2, 0.25) is 0 Å². The molecule has 0 bridgehead atoms. The Labute approximate surface area is 183 Å². The lowest BCUT2D eigenvalue weighted by atomic mass is 9.92. The lowest BCUT2D eigenvalue weighted by Crippen LogP contribution is -2.43. The van der Waals surface area contributed by atoms with Crippen LogP contribution < -0.4 is 24.4 Å². The molecule has 0 unspecified atom stereocenters. The van der Waals surface area contributed by atoms with E-state index in [0.29, 0.717) is 41.8 Å². The van der Waals surface area contributed by atoms with Crippen molar-refractivity contribution in [2.24, 2.45) is 11.3 Å². The van der Waals surface area contributed by atoms with Crippen molar-refractivity contribution in [1.82, 2.24) is 0 Å². The van der Waals surface area contributed by atoms with Crippen LogP contribution in [0.1, 0.15) is 27.7 Å². The van der Waals surface area contributed by atoms with Gasteiger partial charge in [-0.2, -0.15) is 0 Å². The molecular formula is C24H30N2O5. The normalized spacial score (nSPS) is 15.0. The Balaban J connectivity index is 1.73. The number of methoxy groups -OCH3 is 1. The Kier molecular flexibility index (Phi) is 6.73. The quantitative estimate of drug-likeness (QED) is 0.721. The minimum absolute atomic E-state index is 0.00580. The summed E-state index contributed by atoms with van der Waals surface area (Å²) < 4.78 is 16.6. The lowest BCUT2D eigenvalue weighted by Gasteiger charge is -2.29. The number of ether oxygens (including phenoxy) is 3. The molecule has 1 heterocycles. The summed E-state index contributed by atoms with van der Waals surface area (Å²) in [7, 11) is 1.59. The van der Waals surface area contributed by atoms with E-state index in [1.165, 1.54) is 0 Å². The number of anilines is 2. The van der Waals surface area contributed by atoms with E-state index in [1.54, 1.807) is 54.5 Å². The van der Waals surface area contributed by atoms with Crippen LogP contribution in [0, 0.1) is 11.3 Å². The predicted molar refractivity (Wildman–Crippen MR) is 120 cm³/mol. The molecule has 0 radical (unpaired) electrons. The van der Waals surface area contributed by atoms with E-state index in [4.69, 9.17) is 14.2 Å². The number of rotatable bonds is 7. The first kappa shape index (κ1) is 22.5. The second kappa shape index (κ2) is 9.29. The van der Waals surface area contributed by atoms with Crippen molar-refractivity contribution in [3.8, 4) is 17.2 Å². The minimum atomic E-state index is -0.635. The fourth-order valence-electron chi connectivity index (χ4n) is 3.29. The van der Waals surface area contributed by atoms with E-state index in [9.17, 15) is 9.59 Å². The molecule has 31 heavy (non-hydrogen) atoms. The molecule has 1 N–H and O–H groups in total. The van der Waals surface area contributed by atoms with E-state index in [0.717, 1.165) is 0 Å². The Morgan fingerprint density at radius 2 is 1.84 bits per heavy atom. The van der Waals surface area contributed by atoms with Gasteiger partial charge in [-0.05, 0) is 62.2 Å². The first-order valence-electron chi connectivity index (χ1n) is 10.3. The zero-order valence-electron chi connectivity index (χ0n) is 18.7. The number of carbonyl (C=O) groups excluding carboxylic acids is 2. The molecule has 1 aliphatic heterocycles.